The predicted octanol–water partition coefficient (Wildman–Crippen LogP) is 1.51. The number of nitrogens with one attached hydrogen (secondary N) is 2. The van der Waals surface area contributed by atoms with Gasteiger partial charge in [-0.25, -0.2) is 4.39 Å². The summed E-state index contributed by atoms with van der Waals surface area (Å²) < 4.78 is 23.9. The fourth-order valence-corrected chi connectivity index (χ4v) is 3.48. The summed E-state index contributed by atoms with van der Waals surface area (Å²) in [5, 5.41) is 12.3. The van der Waals surface area contributed by atoms with E-state index in [-0.39, 0.29) is 17.4 Å². The van der Waals surface area contributed by atoms with E-state index in [2.05, 4.69) is 5.32 Å². The summed E-state index contributed by atoms with van der Waals surface area (Å²) in [6.07, 6.45) is 1.54. The Balaban J connectivity index is 1.72. The third-order valence-corrected chi connectivity index (χ3v) is 5.16. The van der Waals surface area contributed by atoms with E-state index in [1.165, 1.54) is 17.0 Å². The second-order valence-electron chi connectivity index (χ2n) is 7.03. The second-order valence-corrected chi connectivity index (χ2v) is 7.03. The van der Waals surface area contributed by atoms with Crippen molar-refractivity contribution in [1.29, 1.82) is 5.26 Å². The van der Waals surface area contributed by atoms with Crippen LogP contribution in [0.25, 0.3) is 6.08 Å². The van der Waals surface area contributed by atoms with Crippen LogP contribution in [0.2, 0.25) is 0 Å². The third kappa shape index (κ3) is 5.66. The van der Waals surface area contributed by atoms with Crippen molar-refractivity contribution in [3.8, 4) is 11.8 Å². The molecule has 1 aliphatic heterocycles. The molecule has 0 aromatic heterocycles. The standard InChI is InChI=1S/C23H24FN3O3/c1-29-21-8-2-17(3-9-21)14-19(15-25)23(28)26-16-22(27-10-12-30-13-11-27)18-4-6-20(24)7-5-18/h2-9,14,22H,10-13,16H2,1H3,(H,26,28)/p+1/b19-14+/t22-/m0/s1. The van der Waals surface area contributed by atoms with Crippen LogP contribution in [0, 0.1) is 17.1 Å². The van der Waals surface area contributed by atoms with Crippen molar-refractivity contribution in [2.24, 2.45) is 0 Å². The molecule has 6 nitrogen and oxygen atoms in total. The second kappa shape index (κ2) is 10.5. The fraction of sp³-hybridized carbons (Fsp3) is 0.304. The number of ether oxygens (including phenoxy) is 2. The lowest BCUT2D eigenvalue weighted by molar-refractivity contribution is -0.937. The van der Waals surface area contributed by atoms with Gasteiger partial charge in [-0.3, -0.25) is 4.79 Å². The molecule has 1 amide bonds. The zero-order chi connectivity index (χ0) is 21.3. The monoisotopic (exact) mass is 410 g/mol. The molecule has 0 saturated carbocycles. The molecule has 0 spiro atoms. The number of carbonyl (C=O) groups excluding carboxylic acids is 1. The van der Waals surface area contributed by atoms with Crippen molar-refractivity contribution < 1.29 is 23.6 Å². The summed E-state index contributed by atoms with van der Waals surface area (Å²) >= 11 is 0. The van der Waals surface area contributed by atoms with E-state index >= 15 is 0 Å². The van der Waals surface area contributed by atoms with Crippen LogP contribution in [0.15, 0.2) is 54.1 Å². The number of rotatable bonds is 7. The maximum Gasteiger partial charge on any atom is 0.262 e. The van der Waals surface area contributed by atoms with E-state index in [1.54, 1.807) is 49.6 Å². The maximum atomic E-state index is 13.4. The van der Waals surface area contributed by atoms with Gasteiger partial charge in [-0.2, -0.15) is 5.26 Å². The molecule has 2 N–H and O–H groups in total. The molecule has 2 aromatic carbocycles. The molecule has 1 saturated heterocycles. The van der Waals surface area contributed by atoms with Gasteiger partial charge in [0.2, 0.25) is 0 Å². The molecule has 1 fully saturated rings. The van der Waals surface area contributed by atoms with Gasteiger partial charge in [0.25, 0.3) is 5.91 Å². The lowest BCUT2D eigenvalue weighted by Gasteiger charge is -2.32. The minimum absolute atomic E-state index is 0.0231. The Kier molecular flexibility index (Phi) is 7.55. The highest BCUT2D eigenvalue weighted by molar-refractivity contribution is 6.01. The number of hydrogen-bond acceptors (Lipinski definition) is 4. The first-order valence-electron chi connectivity index (χ1n) is 9.82. The van der Waals surface area contributed by atoms with Gasteiger partial charge >= 0.3 is 0 Å². The van der Waals surface area contributed by atoms with Gasteiger partial charge in [-0.1, -0.05) is 24.3 Å². The molecular formula is C23H25FN3O3+. The quantitative estimate of drug-likeness (QED) is 0.536. The normalized spacial score (nSPS) is 15.8. The van der Waals surface area contributed by atoms with Crippen LogP contribution in [0.1, 0.15) is 17.2 Å². The van der Waals surface area contributed by atoms with Gasteiger partial charge in [0.15, 0.2) is 0 Å². The van der Waals surface area contributed by atoms with E-state index in [1.807, 2.05) is 6.07 Å². The summed E-state index contributed by atoms with van der Waals surface area (Å²) in [5.74, 6) is -0.0356. The highest BCUT2D eigenvalue weighted by atomic mass is 19.1. The van der Waals surface area contributed by atoms with Crippen LogP contribution in [0.5, 0.6) is 5.75 Å². The number of carbonyl (C=O) groups is 1. The number of nitriles is 1. The molecule has 7 heteroatoms. The topological polar surface area (TPSA) is 75.8 Å². The van der Waals surface area contributed by atoms with Crippen LogP contribution in [0.3, 0.4) is 0 Å². The van der Waals surface area contributed by atoms with E-state index in [0.717, 1.165) is 24.2 Å². The number of hydrogen-bond donors (Lipinski definition) is 2. The number of morpholine rings is 1. The molecule has 1 heterocycles. The first-order valence-corrected chi connectivity index (χ1v) is 9.82. The number of halogens is 1. The van der Waals surface area contributed by atoms with Crippen LogP contribution in [-0.2, 0) is 9.53 Å². The maximum absolute atomic E-state index is 13.4. The Morgan fingerprint density at radius 1 is 1.23 bits per heavy atom. The first-order chi connectivity index (χ1) is 14.6. The van der Waals surface area contributed by atoms with Crippen LogP contribution < -0.4 is 15.0 Å². The average molecular weight is 410 g/mol. The molecule has 0 bridgehead atoms. The van der Waals surface area contributed by atoms with Gasteiger partial charge in [0.05, 0.1) is 26.9 Å². The Bertz CT molecular complexity index is 914. The van der Waals surface area contributed by atoms with Crippen molar-refractivity contribution in [3.63, 3.8) is 0 Å². The molecule has 2 aromatic rings. The summed E-state index contributed by atoms with van der Waals surface area (Å²) in [7, 11) is 1.58. The van der Waals surface area contributed by atoms with Crippen molar-refractivity contribution in [2.45, 2.75) is 6.04 Å². The molecule has 3 rings (SSSR count). The van der Waals surface area contributed by atoms with Crippen LogP contribution in [0.4, 0.5) is 4.39 Å². The van der Waals surface area contributed by atoms with Crippen molar-refractivity contribution in [2.75, 3.05) is 40.0 Å². The van der Waals surface area contributed by atoms with E-state index < -0.39 is 5.91 Å². The largest absolute Gasteiger partial charge is 0.497 e. The lowest BCUT2D eigenvalue weighted by atomic mass is 10.0. The molecule has 30 heavy (non-hydrogen) atoms. The minimum Gasteiger partial charge on any atom is -0.497 e. The zero-order valence-corrected chi connectivity index (χ0v) is 16.9. The number of amides is 1. The molecule has 0 aliphatic carbocycles. The molecular weight excluding hydrogens is 385 g/mol. The number of methoxy groups -OCH3 is 1. The Morgan fingerprint density at radius 2 is 1.90 bits per heavy atom. The highest BCUT2D eigenvalue weighted by Gasteiger charge is 2.27. The highest BCUT2D eigenvalue weighted by Crippen LogP contribution is 2.15. The number of quaternary nitrogens is 1. The molecule has 156 valence electrons. The Labute approximate surface area is 175 Å². The average Bonchev–Trinajstić information content (AvgIpc) is 2.79. The van der Waals surface area contributed by atoms with E-state index in [0.29, 0.717) is 25.5 Å². The third-order valence-electron chi connectivity index (χ3n) is 5.16. The summed E-state index contributed by atoms with van der Waals surface area (Å²) in [6.45, 7) is 3.21. The van der Waals surface area contributed by atoms with Crippen molar-refractivity contribution in [3.05, 3.63) is 71.0 Å². The molecule has 1 atom stereocenters. The van der Waals surface area contributed by atoms with Gasteiger partial charge < -0.3 is 19.7 Å². The van der Waals surface area contributed by atoms with Gasteiger partial charge in [0.1, 0.15) is 42.3 Å². The Morgan fingerprint density at radius 3 is 2.50 bits per heavy atom. The minimum atomic E-state index is -0.437. The lowest BCUT2D eigenvalue weighted by Crippen LogP contribution is -3.15. The first kappa shape index (κ1) is 21.5. The van der Waals surface area contributed by atoms with Crippen LogP contribution in [-0.4, -0.2) is 45.9 Å². The Hall–Kier alpha value is -3.21. The summed E-state index contributed by atoms with van der Waals surface area (Å²) in [6, 6.07) is 15.3. The number of benzene rings is 2. The number of nitrogens with zero attached hydrogens (tertiary/aromatic N) is 1. The van der Waals surface area contributed by atoms with Crippen LogP contribution >= 0.6 is 0 Å². The van der Waals surface area contributed by atoms with Crippen molar-refractivity contribution >= 4 is 12.0 Å². The predicted molar refractivity (Wildman–Crippen MR) is 110 cm³/mol. The fourth-order valence-electron chi connectivity index (χ4n) is 3.48. The summed E-state index contributed by atoms with van der Waals surface area (Å²) in [4.78, 5) is 13.9. The van der Waals surface area contributed by atoms with Gasteiger partial charge in [-0.15, -0.1) is 0 Å². The molecule has 1 aliphatic rings. The SMILES string of the molecule is COc1ccc(/C=C(\C#N)C(=O)NC[C@@H](c2ccc(F)cc2)[NH+]2CCOCC2)cc1. The zero-order valence-electron chi connectivity index (χ0n) is 16.9. The molecule has 0 radical (unpaired) electrons. The van der Waals surface area contributed by atoms with E-state index in [4.69, 9.17) is 9.47 Å². The van der Waals surface area contributed by atoms with E-state index in [9.17, 15) is 14.4 Å². The van der Waals surface area contributed by atoms with Gasteiger partial charge in [-0.05, 0) is 35.9 Å². The van der Waals surface area contributed by atoms with Gasteiger partial charge in [0, 0.05) is 5.56 Å². The van der Waals surface area contributed by atoms with Crippen molar-refractivity contribution in [1.82, 2.24) is 5.32 Å². The summed E-state index contributed by atoms with van der Waals surface area (Å²) in [5.41, 5.74) is 1.69. The molecule has 0 unspecified atom stereocenters. The smallest absolute Gasteiger partial charge is 0.262 e.